The molecule has 2 aromatic rings. The fourth-order valence-corrected chi connectivity index (χ4v) is 3.48. The summed E-state index contributed by atoms with van der Waals surface area (Å²) in [7, 11) is 0. The van der Waals surface area contributed by atoms with Crippen LogP contribution in [0.25, 0.3) is 0 Å². The highest BCUT2D eigenvalue weighted by molar-refractivity contribution is 7.98. The fraction of sp³-hybridized carbons (Fsp3) is 0.278. The molecule has 2 aromatic carbocycles. The number of nitro groups is 1. The zero-order valence-electron chi connectivity index (χ0n) is 13.3. The minimum absolute atomic E-state index is 0.119. The number of hydrogen-bond donors (Lipinski definition) is 1. The molecule has 1 aliphatic rings. The Morgan fingerprint density at radius 1 is 1.21 bits per heavy atom. The number of rotatable bonds is 5. The summed E-state index contributed by atoms with van der Waals surface area (Å²) in [6, 6.07) is 14.5. The highest BCUT2D eigenvalue weighted by Crippen LogP contribution is 2.41. The first-order chi connectivity index (χ1) is 11.6. The van der Waals surface area contributed by atoms with Gasteiger partial charge in [0, 0.05) is 11.0 Å². The van der Waals surface area contributed by atoms with E-state index >= 15 is 0 Å². The van der Waals surface area contributed by atoms with Gasteiger partial charge in [-0.25, -0.2) is 0 Å². The second-order valence-electron chi connectivity index (χ2n) is 5.90. The number of amides is 1. The number of benzene rings is 2. The maximum atomic E-state index is 12.8. The second-order valence-corrected chi connectivity index (χ2v) is 6.78. The van der Waals surface area contributed by atoms with Gasteiger partial charge in [-0.2, -0.15) is 0 Å². The van der Waals surface area contributed by atoms with Crippen LogP contribution < -0.4 is 5.32 Å². The van der Waals surface area contributed by atoms with Gasteiger partial charge in [-0.05, 0) is 43.2 Å². The first-order valence-corrected chi connectivity index (χ1v) is 8.99. The highest BCUT2D eigenvalue weighted by Gasteiger charge is 2.40. The molecule has 24 heavy (non-hydrogen) atoms. The first-order valence-electron chi connectivity index (χ1n) is 7.76. The van der Waals surface area contributed by atoms with Crippen LogP contribution in [0.3, 0.4) is 0 Å². The van der Waals surface area contributed by atoms with Crippen molar-refractivity contribution in [1.29, 1.82) is 0 Å². The number of carbonyl (C=O) groups excluding carboxylic acids is 1. The molecule has 124 valence electrons. The Morgan fingerprint density at radius 2 is 1.92 bits per heavy atom. The third-order valence-corrected chi connectivity index (χ3v) is 5.26. The van der Waals surface area contributed by atoms with E-state index in [2.05, 4.69) is 5.32 Å². The van der Waals surface area contributed by atoms with Crippen molar-refractivity contribution < 1.29 is 9.72 Å². The maximum absolute atomic E-state index is 12.8. The smallest absolute Gasteiger partial charge is 0.282 e. The second kappa shape index (κ2) is 6.65. The molecular weight excluding hydrogens is 324 g/mol. The van der Waals surface area contributed by atoms with E-state index in [4.69, 9.17) is 0 Å². The quantitative estimate of drug-likeness (QED) is 0.504. The largest absolute Gasteiger partial charge is 0.342 e. The monoisotopic (exact) mass is 342 g/mol. The zero-order chi connectivity index (χ0) is 17.2. The molecule has 1 saturated carbocycles. The molecule has 0 heterocycles. The van der Waals surface area contributed by atoms with Gasteiger partial charge in [0.15, 0.2) is 0 Å². The van der Waals surface area contributed by atoms with E-state index in [1.54, 1.807) is 12.1 Å². The summed E-state index contributed by atoms with van der Waals surface area (Å²) >= 11 is 1.45. The summed E-state index contributed by atoms with van der Waals surface area (Å²) < 4.78 is 0. The molecule has 3 rings (SSSR count). The van der Waals surface area contributed by atoms with Crippen LogP contribution in [0.1, 0.15) is 35.2 Å². The van der Waals surface area contributed by atoms with Crippen LogP contribution in [-0.2, 0) is 5.54 Å². The van der Waals surface area contributed by atoms with Gasteiger partial charge in [0.1, 0.15) is 5.56 Å². The summed E-state index contributed by atoms with van der Waals surface area (Å²) in [5.74, 6) is -0.388. The van der Waals surface area contributed by atoms with Crippen molar-refractivity contribution in [2.45, 2.75) is 29.7 Å². The molecule has 1 N–H and O–H groups in total. The molecule has 0 aromatic heterocycles. The van der Waals surface area contributed by atoms with Crippen molar-refractivity contribution in [3.05, 3.63) is 69.8 Å². The number of thioether (sulfide) groups is 1. The van der Waals surface area contributed by atoms with Crippen molar-refractivity contribution >= 4 is 23.4 Å². The minimum atomic E-state index is -0.505. The van der Waals surface area contributed by atoms with E-state index in [1.165, 1.54) is 17.8 Å². The predicted molar refractivity (Wildman–Crippen MR) is 94.3 cm³/mol. The molecule has 0 saturated heterocycles. The van der Waals surface area contributed by atoms with Gasteiger partial charge in [0.25, 0.3) is 11.6 Å². The molecular formula is C18H18N2O3S. The molecule has 0 atom stereocenters. The van der Waals surface area contributed by atoms with E-state index in [1.807, 2.05) is 36.6 Å². The SMILES string of the molecule is CSc1ccc([N+](=O)[O-])c(C(=O)NC2(c3ccccc3)CCC2)c1. The van der Waals surface area contributed by atoms with Gasteiger partial charge in [-0.3, -0.25) is 14.9 Å². The van der Waals surface area contributed by atoms with E-state index in [-0.39, 0.29) is 17.2 Å². The average molecular weight is 342 g/mol. The van der Waals surface area contributed by atoms with Crippen molar-refractivity contribution in [2.24, 2.45) is 0 Å². The third kappa shape index (κ3) is 3.01. The van der Waals surface area contributed by atoms with Crippen molar-refractivity contribution in [3.8, 4) is 0 Å². The molecule has 0 radical (unpaired) electrons. The van der Waals surface area contributed by atoms with E-state index < -0.39 is 10.5 Å². The van der Waals surface area contributed by atoms with Gasteiger partial charge in [-0.15, -0.1) is 11.8 Å². The average Bonchev–Trinajstić information content (AvgIpc) is 2.58. The molecule has 0 bridgehead atoms. The Kier molecular flexibility index (Phi) is 4.57. The van der Waals surface area contributed by atoms with E-state index in [0.717, 1.165) is 29.7 Å². The number of hydrogen-bond acceptors (Lipinski definition) is 4. The molecule has 5 nitrogen and oxygen atoms in total. The van der Waals surface area contributed by atoms with E-state index in [9.17, 15) is 14.9 Å². The van der Waals surface area contributed by atoms with Crippen LogP contribution in [0.5, 0.6) is 0 Å². The molecule has 0 aliphatic heterocycles. The van der Waals surface area contributed by atoms with Gasteiger partial charge < -0.3 is 5.32 Å². The third-order valence-electron chi connectivity index (χ3n) is 4.53. The lowest BCUT2D eigenvalue weighted by Gasteiger charge is -2.43. The Bertz CT molecular complexity index is 773. The summed E-state index contributed by atoms with van der Waals surface area (Å²) in [4.78, 5) is 24.4. The molecule has 1 fully saturated rings. The molecule has 1 amide bonds. The van der Waals surface area contributed by atoms with Crippen LogP contribution in [-0.4, -0.2) is 17.1 Å². The molecule has 0 spiro atoms. The van der Waals surface area contributed by atoms with Crippen molar-refractivity contribution in [3.63, 3.8) is 0 Å². The zero-order valence-corrected chi connectivity index (χ0v) is 14.1. The number of carbonyl (C=O) groups is 1. The molecule has 6 heteroatoms. The summed E-state index contributed by atoms with van der Waals surface area (Å²) in [5, 5.41) is 14.3. The molecule has 1 aliphatic carbocycles. The van der Waals surface area contributed by atoms with Crippen LogP contribution in [0, 0.1) is 10.1 Å². The van der Waals surface area contributed by atoms with Gasteiger partial charge in [0.05, 0.1) is 10.5 Å². The lowest BCUT2D eigenvalue weighted by Crippen LogP contribution is -2.50. The number of nitrogens with zero attached hydrogens (tertiary/aromatic N) is 1. The summed E-state index contributed by atoms with van der Waals surface area (Å²) in [5.41, 5.74) is 0.594. The highest BCUT2D eigenvalue weighted by atomic mass is 32.2. The Morgan fingerprint density at radius 3 is 2.46 bits per heavy atom. The van der Waals surface area contributed by atoms with Crippen molar-refractivity contribution in [2.75, 3.05) is 6.26 Å². The predicted octanol–water partition coefficient (Wildman–Crippen LogP) is 4.13. The first kappa shape index (κ1) is 16.5. The number of nitro benzene ring substituents is 1. The van der Waals surface area contributed by atoms with Crippen LogP contribution >= 0.6 is 11.8 Å². The van der Waals surface area contributed by atoms with Crippen molar-refractivity contribution in [1.82, 2.24) is 5.32 Å². The van der Waals surface area contributed by atoms with Gasteiger partial charge in [0.2, 0.25) is 0 Å². The minimum Gasteiger partial charge on any atom is -0.342 e. The molecule has 0 unspecified atom stereocenters. The fourth-order valence-electron chi connectivity index (χ4n) is 3.04. The standard InChI is InChI=1S/C18H18N2O3S/c1-24-14-8-9-16(20(22)23)15(12-14)17(21)19-18(10-5-11-18)13-6-3-2-4-7-13/h2-4,6-9,12H,5,10-11H2,1H3,(H,19,21). The van der Waals surface area contributed by atoms with Gasteiger partial charge >= 0.3 is 0 Å². The van der Waals surface area contributed by atoms with Gasteiger partial charge in [-0.1, -0.05) is 30.3 Å². The topological polar surface area (TPSA) is 72.2 Å². The lowest BCUT2D eigenvalue weighted by molar-refractivity contribution is -0.385. The lowest BCUT2D eigenvalue weighted by atomic mass is 9.71. The van der Waals surface area contributed by atoms with Crippen LogP contribution in [0.4, 0.5) is 5.69 Å². The van der Waals surface area contributed by atoms with E-state index in [0.29, 0.717) is 0 Å². The summed E-state index contributed by atoms with van der Waals surface area (Å²) in [6.45, 7) is 0. The Balaban J connectivity index is 1.93. The van der Waals surface area contributed by atoms with Crippen LogP contribution in [0.15, 0.2) is 53.4 Å². The van der Waals surface area contributed by atoms with Crippen LogP contribution in [0.2, 0.25) is 0 Å². The Labute approximate surface area is 144 Å². The normalized spacial score (nSPS) is 15.4. The number of nitrogens with one attached hydrogen (secondary N) is 1. The Hall–Kier alpha value is -2.34. The maximum Gasteiger partial charge on any atom is 0.282 e. The summed E-state index contributed by atoms with van der Waals surface area (Å²) in [6.07, 6.45) is 4.60.